The Bertz CT molecular complexity index is 607. The largest absolute Gasteiger partial charge is 0.391 e. The van der Waals surface area contributed by atoms with Crippen molar-refractivity contribution < 1.29 is 21.6 Å². The molecule has 0 bridgehead atoms. The van der Waals surface area contributed by atoms with Crippen molar-refractivity contribution in [3.63, 3.8) is 0 Å². The van der Waals surface area contributed by atoms with Gasteiger partial charge in [0.25, 0.3) is 0 Å². The topological polar surface area (TPSA) is 63.4 Å². The number of nitrogens with two attached hydrogens (primary N) is 1. The van der Waals surface area contributed by atoms with Crippen LogP contribution in [0.1, 0.15) is 17.7 Å². The normalized spacial score (nSPS) is 19.1. The quantitative estimate of drug-likeness (QED) is 0.838. The molecule has 0 amide bonds. The molecular weight excluding hydrogens is 393 g/mol. The Hall–Kier alpha value is -0.160. The van der Waals surface area contributed by atoms with Crippen molar-refractivity contribution in [2.45, 2.75) is 30.5 Å². The zero-order valence-corrected chi connectivity index (χ0v) is 14.1. The van der Waals surface area contributed by atoms with Crippen LogP contribution < -0.4 is 5.73 Å². The average Bonchev–Trinajstić information content (AvgIpc) is 2.80. The fourth-order valence-electron chi connectivity index (χ4n) is 2.24. The zero-order valence-electron chi connectivity index (χ0n) is 10.9. The number of alkyl halides is 3. The van der Waals surface area contributed by atoms with E-state index in [4.69, 9.17) is 5.73 Å². The molecule has 1 fully saturated rings. The summed E-state index contributed by atoms with van der Waals surface area (Å²) in [7, 11) is -3.78. The van der Waals surface area contributed by atoms with Crippen molar-refractivity contribution in [2.24, 2.45) is 11.7 Å². The molecular formula is C11H14BrF3N2O2S2. The van der Waals surface area contributed by atoms with Crippen LogP contribution in [0.25, 0.3) is 0 Å². The van der Waals surface area contributed by atoms with Gasteiger partial charge in [-0.2, -0.15) is 17.5 Å². The van der Waals surface area contributed by atoms with E-state index in [9.17, 15) is 21.6 Å². The fourth-order valence-corrected chi connectivity index (χ4v) is 6.22. The minimum atomic E-state index is -4.26. The molecule has 0 unspecified atom stereocenters. The lowest BCUT2D eigenvalue weighted by molar-refractivity contribution is -0.182. The van der Waals surface area contributed by atoms with Crippen LogP contribution in [0.15, 0.2) is 14.7 Å². The maximum Gasteiger partial charge on any atom is 0.391 e. The number of sulfonamides is 1. The number of thiophene rings is 1. The van der Waals surface area contributed by atoms with Gasteiger partial charge in [-0.1, -0.05) is 0 Å². The highest BCUT2D eigenvalue weighted by Crippen LogP contribution is 2.38. The smallest absolute Gasteiger partial charge is 0.326 e. The number of piperidine rings is 1. The lowest BCUT2D eigenvalue weighted by atomic mass is 9.98. The van der Waals surface area contributed by atoms with Crippen LogP contribution in [0.3, 0.4) is 0 Å². The second kappa shape index (κ2) is 6.15. The van der Waals surface area contributed by atoms with Crippen molar-refractivity contribution in [3.8, 4) is 0 Å². The van der Waals surface area contributed by atoms with E-state index < -0.39 is 22.1 Å². The molecule has 0 atom stereocenters. The molecule has 0 saturated carbocycles. The number of halogens is 4. The van der Waals surface area contributed by atoms with E-state index in [1.807, 2.05) is 0 Å². The van der Waals surface area contributed by atoms with Crippen LogP contribution in [0.4, 0.5) is 13.2 Å². The monoisotopic (exact) mass is 406 g/mol. The molecule has 1 saturated heterocycles. The standard InChI is InChI=1S/C11H14BrF3N2O2S2/c12-10-9(5-8(6-16)20-10)21(18,19)17-3-1-7(2-4-17)11(13,14)15/h5,7H,1-4,6,16H2. The van der Waals surface area contributed by atoms with E-state index >= 15 is 0 Å². The van der Waals surface area contributed by atoms with Crippen LogP contribution in [-0.4, -0.2) is 32.0 Å². The molecule has 10 heteroatoms. The summed E-state index contributed by atoms with van der Waals surface area (Å²) in [5.74, 6) is -1.42. The van der Waals surface area contributed by atoms with Gasteiger partial charge in [-0.3, -0.25) is 0 Å². The van der Waals surface area contributed by atoms with Gasteiger partial charge in [-0.05, 0) is 34.8 Å². The summed E-state index contributed by atoms with van der Waals surface area (Å²) >= 11 is 4.40. The van der Waals surface area contributed by atoms with Crippen LogP contribution in [-0.2, 0) is 16.6 Å². The predicted octanol–water partition coefficient (Wildman–Crippen LogP) is 2.93. The van der Waals surface area contributed by atoms with Gasteiger partial charge in [0.2, 0.25) is 10.0 Å². The third kappa shape index (κ3) is 3.61. The number of hydrogen-bond acceptors (Lipinski definition) is 4. The molecule has 0 radical (unpaired) electrons. The highest BCUT2D eigenvalue weighted by molar-refractivity contribution is 9.11. The van der Waals surface area contributed by atoms with Crippen molar-refractivity contribution in [3.05, 3.63) is 14.7 Å². The summed E-state index contributed by atoms with van der Waals surface area (Å²) in [5.41, 5.74) is 5.48. The predicted molar refractivity (Wildman–Crippen MR) is 77.4 cm³/mol. The van der Waals surface area contributed by atoms with Crippen LogP contribution in [0, 0.1) is 5.92 Å². The van der Waals surface area contributed by atoms with Gasteiger partial charge in [-0.15, -0.1) is 11.3 Å². The maximum absolute atomic E-state index is 12.6. The van der Waals surface area contributed by atoms with E-state index in [1.165, 1.54) is 17.4 Å². The van der Waals surface area contributed by atoms with Crippen LogP contribution >= 0.6 is 27.3 Å². The molecule has 0 aromatic carbocycles. The number of rotatable bonds is 3. The van der Waals surface area contributed by atoms with Crippen molar-refractivity contribution in [2.75, 3.05) is 13.1 Å². The van der Waals surface area contributed by atoms with E-state index in [-0.39, 0.29) is 37.4 Å². The first-order chi connectivity index (χ1) is 9.66. The summed E-state index contributed by atoms with van der Waals surface area (Å²) in [6, 6.07) is 1.47. The van der Waals surface area contributed by atoms with E-state index in [0.717, 1.165) is 4.31 Å². The summed E-state index contributed by atoms with van der Waals surface area (Å²) in [6.07, 6.45) is -4.66. The minimum Gasteiger partial charge on any atom is -0.326 e. The molecule has 1 aromatic heterocycles. The summed E-state index contributed by atoms with van der Waals surface area (Å²) < 4.78 is 64.3. The second-order valence-electron chi connectivity index (χ2n) is 4.77. The molecule has 2 rings (SSSR count). The van der Waals surface area contributed by atoms with Gasteiger partial charge in [0, 0.05) is 24.5 Å². The van der Waals surface area contributed by atoms with Crippen molar-refractivity contribution in [1.82, 2.24) is 4.31 Å². The molecule has 120 valence electrons. The Balaban J connectivity index is 2.17. The van der Waals surface area contributed by atoms with Crippen LogP contribution in [0.2, 0.25) is 0 Å². The molecule has 1 aliphatic heterocycles. The molecule has 0 aliphatic carbocycles. The SMILES string of the molecule is NCc1cc(S(=O)(=O)N2CCC(C(F)(F)F)CC2)c(Br)s1. The van der Waals surface area contributed by atoms with Crippen molar-refractivity contribution >= 4 is 37.3 Å². The molecule has 2 heterocycles. The van der Waals surface area contributed by atoms with Gasteiger partial charge < -0.3 is 5.73 Å². The number of nitrogens with zero attached hydrogens (tertiary/aromatic N) is 1. The van der Waals surface area contributed by atoms with E-state index in [1.54, 1.807) is 0 Å². The van der Waals surface area contributed by atoms with E-state index in [2.05, 4.69) is 15.9 Å². The Kier molecular flexibility index (Phi) is 5.04. The van der Waals surface area contributed by atoms with Crippen molar-refractivity contribution in [1.29, 1.82) is 0 Å². The van der Waals surface area contributed by atoms with Gasteiger partial charge >= 0.3 is 6.18 Å². The first kappa shape index (κ1) is 17.2. The Morgan fingerprint density at radius 2 is 1.95 bits per heavy atom. The zero-order chi connectivity index (χ0) is 15.8. The minimum absolute atomic E-state index is 0.0819. The highest BCUT2D eigenvalue weighted by atomic mass is 79.9. The lowest BCUT2D eigenvalue weighted by Crippen LogP contribution is -2.42. The number of hydrogen-bond donors (Lipinski definition) is 1. The molecule has 2 N–H and O–H groups in total. The molecule has 1 aliphatic rings. The Morgan fingerprint density at radius 3 is 2.38 bits per heavy atom. The Labute approximate surface area is 133 Å². The third-order valence-corrected chi connectivity index (χ3v) is 7.62. The maximum atomic E-state index is 12.6. The van der Waals surface area contributed by atoms with Gasteiger partial charge in [0.05, 0.1) is 9.70 Å². The second-order valence-corrected chi connectivity index (χ2v) is 9.14. The fraction of sp³-hybridized carbons (Fsp3) is 0.636. The van der Waals surface area contributed by atoms with E-state index in [0.29, 0.717) is 8.66 Å². The molecule has 1 aromatic rings. The molecule has 21 heavy (non-hydrogen) atoms. The third-order valence-electron chi connectivity index (χ3n) is 3.44. The molecule has 4 nitrogen and oxygen atoms in total. The summed E-state index contributed by atoms with van der Waals surface area (Å²) in [4.78, 5) is 0.782. The average molecular weight is 407 g/mol. The highest BCUT2D eigenvalue weighted by Gasteiger charge is 2.43. The van der Waals surface area contributed by atoms with Crippen LogP contribution in [0.5, 0.6) is 0 Å². The summed E-state index contributed by atoms with van der Waals surface area (Å²) in [5, 5.41) is 0. The molecule has 0 spiro atoms. The van der Waals surface area contributed by atoms with Gasteiger partial charge in [0.15, 0.2) is 0 Å². The van der Waals surface area contributed by atoms with Gasteiger partial charge in [0.1, 0.15) is 4.90 Å². The summed E-state index contributed by atoms with van der Waals surface area (Å²) in [6.45, 7) is -0.0194. The first-order valence-electron chi connectivity index (χ1n) is 6.21. The lowest BCUT2D eigenvalue weighted by Gasteiger charge is -2.32. The van der Waals surface area contributed by atoms with Gasteiger partial charge in [-0.25, -0.2) is 8.42 Å². The Morgan fingerprint density at radius 1 is 1.38 bits per heavy atom. The first-order valence-corrected chi connectivity index (χ1v) is 9.26.